The molecule has 0 saturated carbocycles. The minimum Gasteiger partial charge on any atom is -0.493 e. The number of nitrogens with one attached hydrogen (secondary N) is 2. The number of rotatable bonds is 13. The number of carbonyl (C=O) groups is 3. The van der Waals surface area contributed by atoms with E-state index in [2.05, 4.69) is 11.9 Å². The lowest BCUT2D eigenvalue weighted by atomic mass is 10.2. The van der Waals surface area contributed by atoms with E-state index in [4.69, 9.17) is 33.9 Å². The second-order valence-corrected chi connectivity index (χ2v) is 6.50. The predicted molar refractivity (Wildman–Crippen MR) is 115 cm³/mol. The van der Waals surface area contributed by atoms with Crippen LogP contribution in [0.15, 0.2) is 24.8 Å². The molecule has 0 radical (unpaired) electrons. The quantitative estimate of drug-likeness (QED) is 0.328. The predicted octanol–water partition coefficient (Wildman–Crippen LogP) is 1.68. The van der Waals surface area contributed by atoms with Crippen molar-refractivity contribution >= 4 is 23.8 Å². The maximum absolute atomic E-state index is 12.5. The zero-order valence-corrected chi connectivity index (χ0v) is 18.5. The molecule has 0 spiro atoms. The molecule has 1 aromatic carbocycles. The molecule has 2 amide bonds. The van der Waals surface area contributed by atoms with E-state index >= 15 is 0 Å². The molecule has 1 heterocycles. The Bertz CT molecular complexity index is 847. The van der Waals surface area contributed by atoms with Gasteiger partial charge in [0.05, 0.1) is 33.0 Å². The van der Waals surface area contributed by atoms with E-state index in [1.165, 1.54) is 32.4 Å². The zero-order chi connectivity index (χ0) is 24.2. The first kappa shape index (κ1) is 25.5. The van der Waals surface area contributed by atoms with Gasteiger partial charge in [0, 0.05) is 19.4 Å². The van der Waals surface area contributed by atoms with Crippen LogP contribution in [0.25, 0.3) is 0 Å². The third-order valence-electron chi connectivity index (χ3n) is 4.24. The fraction of sp³-hybridized carbons (Fsp3) is 0.429. The minimum absolute atomic E-state index is 0.0502. The third-order valence-corrected chi connectivity index (χ3v) is 4.24. The van der Waals surface area contributed by atoms with E-state index in [0.29, 0.717) is 5.06 Å². The summed E-state index contributed by atoms with van der Waals surface area (Å²) in [6, 6.07) is 2.76. The van der Waals surface area contributed by atoms with E-state index in [9.17, 15) is 14.4 Å². The average molecular weight is 465 g/mol. The Morgan fingerprint density at radius 3 is 2.42 bits per heavy atom. The van der Waals surface area contributed by atoms with Gasteiger partial charge >= 0.3 is 12.1 Å². The summed E-state index contributed by atoms with van der Waals surface area (Å²) in [7, 11) is 2.79. The van der Waals surface area contributed by atoms with Crippen LogP contribution in [0.2, 0.25) is 0 Å². The van der Waals surface area contributed by atoms with Gasteiger partial charge in [-0.15, -0.1) is 5.06 Å². The van der Waals surface area contributed by atoms with Crippen LogP contribution in [0.1, 0.15) is 23.2 Å². The summed E-state index contributed by atoms with van der Waals surface area (Å²) < 4.78 is 26.4. The summed E-state index contributed by atoms with van der Waals surface area (Å²) in [4.78, 5) is 40.5. The van der Waals surface area contributed by atoms with Gasteiger partial charge in [0.1, 0.15) is 19.0 Å². The van der Waals surface area contributed by atoms with Crippen LogP contribution in [0, 0.1) is 5.41 Å². The van der Waals surface area contributed by atoms with Crippen LogP contribution >= 0.6 is 0 Å². The summed E-state index contributed by atoms with van der Waals surface area (Å²) in [6.45, 7) is 4.42. The summed E-state index contributed by atoms with van der Waals surface area (Å²) in [5, 5.41) is 10.9. The molecule has 0 bridgehead atoms. The number of amides is 2. The molecule has 1 aliphatic heterocycles. The first-order chi connectivity index (χ1) is 15.9. The van der Waals surface area contributed by atoms with Crippen molar-refractivity contribution in [3.63, 3.8) is 0 Å². The fourth-order valence-corrected chi connectivity index (χ4v) is 2.68. The Morgan fingerprint density at radius 2 is 1.85 bits per heavy atom. The monoisotopic (exact) mass is 465 g/mol. The number of hydrogen-bond donors (Lipinski definition) is 2. The number of alkyl carbamates (subject to hydrolysis) is 1. The van der Waals surface area contributed by atoms with Crippen molar-refractivity contribution in [2.75, 3.05) is 47.2 Å². The maximum Gasteiger partial charge on any atom is 0.407 e. The Hall–Kier alpha value is -3.80. The number of benzene rings is 1. The SMILES string of the molecule is C=CCOC(=O)NCCOCCOc1c(OC)cc(C(=O)ON2C(=N)CCC2=O)cc1OC. The van der Waals surface area contributed by atoms with Crippen molar-refractivity contribution in [1.82, 2.24) is 10.4 Å². The second kappa shape index (κ2) is 12.9. The molecule has 1 aromatic rings. The standard InChI is InChI=1S/C21H27N3O9/c1-4-8-32-21(27)23-7-9-30-10-11-31-19-15(28-2)12-14(13-16(19)29-3)20(26)33-24-17(22)5-6-18(24)25/h4,12-13,22H,1,5-11H2,2-3H3,(H,23,27). The van der Waals surface area contributed by atoms with Crippen LogP contribution in [0.5, 0.6) is 17.2 Å². The van der Waals surface area contributed by atoms with Gasteiger partial charge in [0.2, 0.25) is 5.75 Å². The molecule has 0 atom stereocenters. The van der Waals surface area contributed by atoms with Gasteiger partial charge in [-0.2, -0.15) is 0 Å². The number of methoxy groups -OCH3 is 2. The van der Waals surface area contributed by atoms with Gasteiger partial charge in [0.15, 0.2) is 11.5 Å². The van der Waals surface area contributed by atoms with Crippen LogP contribution in [0.4, 0.5) is 4.79 Å². The average Bonchev–Trinajstić information content (AvgIpc) is 3.13. The fourth-order valence-electron chi connectivity index (χ4n) is 2.68. The molecule has 0 aliphatic carbocycles. The first-order valence-corrected chi connectivity index (χ1v) is 10.0. The summed E-state index contributed by atoms with van der Waals surface area (Å²) in [6.07, 6.45) is 1.23. The number of ether oxygens (including phenoxy) is 5. The number of carbonyl (C=O) groups excluding carboxylic acids is 3. The molecule has 1 aliphatic rings. The first-order valence-electron chi connectivity index (χ1n) is 10.0. The van der Waals surface area contributed by atoms with Crippen LogP contribution in [-0.2, 0) is 19.1 Å². The smallest absolute Gasteiger partial charge is 0.407 e. The van der Waals surface area contributed by atoms with E-state index in [0.717, 1.165) is 0 Å². The molecule has 12 nitrogen and oxygen atoms in total. The minimum atomic E-state index is -0.847. The second-order valence-electron chi connectivity index (χ2n) is 6.50. The Kier molecular flexibility index (Phi) is 9.96. The summed E-state index contributed by atoms with van der Waals surface area (Å²) in [5.74, 6) is -0.740. The molecular formula is C21H27N3O9. The van der Waals surface area contributed by atoms with Gasteiger partial charge in [-0.1, -0.05) is 12.7 Å². The number of hydrogen-bond acceptors (Lipinski definition) is 10. The highest BCUT2D eigenvalue weighted by Crippen LogP contribution is 2.38. The lowest BCUT2D eigenvalue weighted by Crippen LogP contribution is -2.31. The van der Waals surface area contributed by atoms with Crippen LogP contribution in [0.3, 0.4) is 0 Å². The molecule has 0 unspecified atom stereocenters. The van der Waals surface area contributed by atoms with Gasteiger partial charge in [-0.05, 0) is 12.1 Å². The van der Waals surface area contributed by atoms with E-state index in [1.54, 1.807) is 0 Å². The molecule has 180 valence electrons. The number of hydroxylamine groups is 2. The molecule has 33 heavy (non-hydrogen) atoms. The lowest BCUT2D eigenvalue weighted by Gasteiger charge is -2.17. The Balaban J connectivity index is 1.89. The maximum atomic E-state index is 12.5. The van der Waals surface area contributed by atoms with Gasteiger partial charge < -0.3 is 33.8 Å². The summed E-state index contributed by atoms with van der Waals surface area (Å²) >= 11 is 0. The highest BCUT2D eigenvalue weighted by atomic mass is 16.7. The van der Waals surface area contributed by atoms with E-state index in [-0.39, 0.29) is 74.5 Å². The molecule has 12 heteroatoms. The van der Waals surface area contributed by atoms with Crippen molar-refractivity contribution in [3.8, 4) is 17.2 Å². The highest BCUT2D eigenvalue weighted by molar-refractivity contribution is 6.04. The highest BCUT2D eigenvalue weighted by Gasteiger charge is 2.31. The Labute approximate surface area is 190 Å². The molecule has 2 rings (SSSR count). The molecule has 1 fully saturated rings. The normalized spacial score (nSPS) is 12.8. The molecular weight excluding hydrogens is 438 g/mol. The van der Waals surface area contributed by atoms with Crippen LogP contribution < -0.4 is 19.5 Å². The van der Waals surface area contributed by atoms with E-state index < -0.39 is 18.0 Å². The largest absolute Gasteiger partial charge is 0.493 e. The number of nitrogens with zero attached hydrogens (tertiary/aromatic N) is 1. The van der Waals surface area contributed by atoms with Crippen LogP contribution in [-0.4, -0.2) is 76.1 Å². The molecule has 0 aromatic heterocycles. The van der Waals surface area contributed by atoms with Crippen molar-refractivity contribution in [2.24, 2.45) is 0 Å². The van der Waals surface area contributed by atoms with Gasteiger partial charge in [-0.25, -0.2) is 9.59 Å². The third kappa shape index (κ3) is 7.38. The van der Waals surface area contributed by atoms with Crippen molar-refractivity contribution in [1.29, 1.82) is 5.41 Å². The van der Waals surface area contributed by atoms with E-state index in [1.807, 2.05) is 0 Å². The lowest BCUT2D eigenvalue weighted by molar-refractivity contribution is -0.147. The summed E-state index contributed by atoms with van der Waals surface area (Å²) in [5.41, 5.74) is 0.0502. The number of amidine groups is 1. The van der Waals surface area contributed by atoms with Crippen molar-refractivity contribution < 1.29 is 42.9 Å². The van der Waals surface area contributed by atoms with Gasteiger partial charge in [0.25, 0.3) is 5.91 Å². The van der Waals surface area contributed by atoms with Crippen molar-refractivity contribution in [3.05, 3.63) is 30.4 Å². The van der Waals surface area contributed by atoms with Gasteiger partial charge in [-0.3, -0.25) is 10.2 Å². The topological polar surface area (TPSA) is 146 Å². The van der Waals surface area contributed by atoms with Crippen molar-refractivity contribution in [2.45, 2.75) is 12.8 Å². The Morgan fingerprint density at radius 1 is 1.15 bits per heavy atom. The zero-order valence-electron chi connectivity index (χ0n) is 18.5. The molecule has 1 saturated heterocycles. The molecule has 2 N–H and O–H groups in total.